The van der Waals surface area contributed by atoms with Gasteiger partial charge < -0.3 is 10.2 Å². The molecule has 0 atom stereocenters. The number of hydrogen-bond donors (Lipinski definition) is 1. The van der Waals surface area contributed by atoms with Crippen LogP contribution in [-0.4, -0.2) is 10.2 Å². The number of benzene rings is 2. The molecule has 0 unspecified atom stereocenters. The van der Waals surface area contributed by atoms with E-state index in [0.717, 1.165) is 5.75 Å². The van der Waals surface area contributed by atoms with E-state index >= 15 is 0 Å². The van der Waals surface area contributed by atoms with E-state index in [4.69, 9.17) is 10.2 Å². The summed E-state index contributed by atoms with van der Waals surface area (Å²) >= 11 is 1.53. The highest BCUT2D eigenvalue weighted by Crippen LogP contribution is 2.26. The Hall–Kier alpha value is -1.85. The van der Waals surface area contributed by atoms with Crippen molar-refractivity contribution in [3.05, 3.63) is 53.9 Å². The van der Waals surface area contributed by atoms with Crippen LogP contribution in [0.5, 0.6) is 0 Å². The van der Waals surface area contributed by atoms with Crippen molar-refractivity contribution < 1.29 is 4.42 Å². The van der Waals surface area contributed by atoms with Crippen LogP contribution < -0.4 is 5.73 Å². The van der Waals surface area contributed by atoms with Crippen molar-refractivity contribution in [3.8, 4) is 0 Å². The van der Waals surface area contributed by atoms with Gasteiger partial charge in [0.1, 0.15) is 0 Å². The lowest BCUT2D eigenvalue weighted by Crippen LogP contribution is -1.95. The summed E-state index contributed by atoms with van der Waals surface area (Å²) in [5.41, 5.74) is 6.70. The Bertz CT molecular complexity index is 690. The quantitative estimate of drug-likeness (QED) is 0.739. The number of fused-ring (bicyclic) bond motifs is 1. The van der Waals surface area contributed by atoms with E-state index in [1.807, 2.05) is 6.07 Å². The molecule has 0 bridgehead atoms. The molecule has 0 aliphatic carbocycles. The van der Waals surface area contributed by atoms with E-state index in [1.165, 1.54) is 28.1 Å². The first-order chi connectivity index (χ1) is 9.36. The highest BCUT2D eigenvalue weighted by molar-refractivity contribution is 7.98. The molecule has 2 N–H and O–H groups in total. The van der Waals surface area contributed by atoms with E-state index in [2.05, 4.69) is 46.6 Å². The molecule has 0 fully saturated rings. The first kappa shape index (κ1) is 12.2. The van der Waals surface area contributed by atoms with Crippen molar-refractivity contribution in [2.24, 2.45) is 5.73 Å². The summed E-state index contributed by atoms with van der Waals surface area (Å²) in [6, 6.07) is 14.6. The maximum absolute atomic E-state index is 5.44. The molecule has 0 saturated heterocycles. The Morgan fingerprint density at radius 3 is 2.74 bits per heavy atom. The van der Waals surface area contributed by atoms with Crippen molar-refractivity contribution in [2.75, 3.05) is 0 Å². The molecule has 0 spiro atoms. The highest BCUT2D eigenvalue weighted by Gasteiger charge is 2.07. The van der Waals surface area contributed by atoms with Crippen LogP contribution in [0.25, 0.3) is 10.8 Å². The predicted molar refractivity (Wildman–Crippen MR) is 75.7 cm³/mol. The minimum atomic E-state index is 0.280. The second-order valence-corrected chi connectivity index (χ2v) is 5.02. The van der Waals surface area contributed by atoms with E-state index in [-0.39, 0.29) is 6.54 Å². The average molecular weight is 271 g/mol. The van der Waals surface area contributed by atoms with Crippen LogP contribution >= 0.6 is 11.8 Å². The molecule has 3 aromatic rings. The second-order valence-electron chi connectivity index (χ2n) is 4.09. The Morgan fingerprint density at radius 2 is 1.89 bits per heavy atom. The number of hydrogen-bond acceptors (Lipinski definition) is 5. The summed E-state index contributed by atoms with van der Waals surface area (Å²) in [4.78, 5) is 0. The Labute approximate surface area is 115 Å². The smallest absolute Gasteiger partial charge is 0.276 e. The summed E-state index contributed by atoms with van der Waals surface area (Å²) in [5.74, 6) is 1.27. The summed E-state index contributed by atoms with van der Waals surface area (Å²) in [7, 11) is 0. The van der Waals surface area contributed by atoms with Crippen molar-refractivity contribution in [2.45, 2.75) is 17.5 Å². The number of thioether (sulfide) groups is 1. The molecule has 1 heterocycles. The SMILES string of the molecule is NCc1nnc(SCc2cccc3ccccc23)o1. The molecule has 0 amide bonds. The fraction of sp³-hybridized carbons (Fsp3) is 0.143. The van der Waals surface area contributed by atoms with Gasteiger partial charge in [0.2, 0.25) is 5.89 Å². The molecule has 3 rings (SSSR count). The standard InChI is InChI=1S/C14H13N3OS/c15-8-13-16-17-14(18-13)19-9-11-6-3-5-10-4-1-2-7-12(10)11/h1-7H,8-9,15H2. The Morgan fingerprint density at radius 1 is 1.05 bits per heavy atom. The number of nitrogens with zero attached hydrogens (tertiary/aromatic N) is 2. The predicted octanol–water partition coefficient (Wildman–Crippen LogP) is 2.97. The van der Waals surface area contributed by atoms with Gasteiger partial charge in [-0.25, -0.2) is 0 Å². The van der Waals surface area contributed by atoms with Crippen LogP contribution in [0, 0.1) is 0 Å². The zero-order valence-electron chi connectivity index (χ0n) is 10.2. The van der Waals surface area contributed by atoms with Gasteiger partial charge in [0, 0.05) is 5.75 Å². The Kier molecular flexibility index (Phi) is 3.48. The lowest BCUT2D eigenvalue weighted by molar-refractivity contribution is 0.415. The van der Waals surface area contributed by atoms with Crippen molar-refractivity contribution >= 4 is 22.5 Å². The Balaban J connectivity index is 1.81. The molecule has 1 aromatic heterocycles. The van der Waals surface area contributed by atoms with Crippen molar-refractivity contribution in [1.29, 1.82) is 0 Å². The number of aromatic nitrogens is 2. The van der Waals surface area contributed by atoms with Crippen LogP contribution in [-0.2, 0) is 12.3 Å². The van der Waals surface area contributed by atoms with Crippen LogP contribution in [0.3, 0.4) is 0 Å². The summed E-state index contributed by atoms with van der Waals surface area (Å²) in [6.07, 6.45) is 0. The minimum Gasteiger partial charge on any atom is -0.415 e. The van der Waals surface area contributed by atoms with E-state index in [0.29, 0.717) is 11.1 Å². The van der Waals surface area contributed by atoms with Gasteiger partial charge in [-0.05, 0) is 16.3 Å². The molecule has 5 heteroatoms. The lowest BCUT2D eigenvalue weighted by atomic mass is 10.1. The third-order valence-electron chi connectivity index (χ3n) is 2.85. The zero-order chi connectivity index (χ0) is 13.1. The van der Waals surface area contributed by atoms with Crippen LogP contribution in [0.1, 0.15) is 11.5 Å². The minimum absolute atomic E-state index is 0.280. The van der Waals surface area contributed by atoms with Crippen LogP contribution in [0.2, 0.25) is 0 Å². The third kappa shape index (κ3) is 2.62. The van der Waals surface area contributed by atoms with Gasteiger partial charge >= 0.3 is 0 Å². The van der Waals surface area contributed by atoms with Gasteiger partial charge in [-0.2, -0.15) is 0 Å². The van der Waals surface area contributed by atoms with E-state index in [9.17, 15) is 0 Å². The molecule has 0 saturated carbocycles. The first-order valence-electron chi connectivity index (χ1n) is 5.98. The molecule has 4 nitrogen and oxygen atoms in total. The van der Waals surface area contributed by atoms with Crippen molar-refractivity contribution in [1.82, 2.24) is 10.2 Å². The fourth-order valence-corrected chi connectivity index (χ4v) is 2.72. The van der Waals surface area contributed by atoms with Gasteiger partial charge in [-0.15, -0.1) is 10.2 Å². The third-order valence-corrected chi connectivity index (χ3v) is 3.72. The molecule has 0 aliphatic rings. The molecule has 0 aliphatic heterocycles. The molecular weight excluding hydrogens is 258 g/mol. The lowest BCUT2D eigenvalue weighted by Gasteiger charge is -2.04. The van der Waals surface area contributed by atoms with Gasteiger partial charge in [-0.3, -0.25) is 0 Å². The first-order valence-corrected chi connectivity index (χ1v) is 6.97. The summed E-state index contributed by atoms with van der Waals surface area (Å²) < 4.78 is 5.38. The monoisotopic (exact) mass is 271 g/mol. The van der Waals surface area contributed by atoms with Crippen LogP contribution in [0.4, 0.5) is 0 Å². The molecular formula is C14H13N3OS. The largest absolute Gasteiger partial charge is 0.415 e. The van der Waals surface area contributed by atoms with E-state index in [1.54, 1.807) is 0 Å². The van der Waals surface area contributed by atoms with Gasteiger partial charge in [-0.1, -0.05) is 54.2 Å². The zero-order valence-corrected chi connectivity index (χ0v) is 11.1. The highest BCUT2D eigenvalue weighted by atomic mass is 32.2. The van der Waals surface area contributed by atoms with Gasteiger partial charge in [0.05, 0.1) is 6.54 Å². The molecule has 19 heavy (non-hydrogen) atoms. The number of rotatable bonds is 4. The maximum atomic E-state index is 5.44. The molecule has 0 radical (unpaired) electrons. The van der Waals surface area contributed by atoms with Crippen molar-refractivity contribution in [3.63, 3.8) is 0 Å². The normalized spacial score (nSPS) is 11.0. The maximum Gasteiger partial charge on any atom is 0.276 e. The van der Waals surface area contributed by atoms with Gasteiger partial charge in [0.15, 0.2) is 0 Å². The topological polar surface area (TPSA) is 64.9 Å². The fourth-order valence-electron chi connectivity index (χ4n) is 1.94. The summed E-state index contributed by atoms with van der Waals surface area (Å²) in [5, 5.41) is 10.9. The van der Waals surface area contributed by atoms with E-state index < -0.39 is 0 Å². The second kappa shape index (κ2) is 5.42. The van der Waals surface area contributed by atoms with Crippen LogP contribution in [0.15, 0.2) is 52.1 Å². The summed E-state index contributed by atoms with van der Waals surface area (Å²) in [6.45, 7) is 0.280. The molecule has 2 aromatic carbocycles. The van der Waals surface area contributed by atoms with Gasteiger partial charge in [0.25, 0.3) is 5.22 Å². The molecule has 96 valence electrons. The number of nitrogens with two attached hydrogens (primary N) is 1. The average Bonchev–Trinajstić information content (AvgIpc) is 2.93.